The first-order valence-electron chi connectivity index (χ1n) is 5.68. The lowest BCUT2D eigenvalue weighted by atomic mass is 10.4. The minimum absolute atomic E-state index is 0.0366. The number of aromatic nitrogens is 2. The maximum absolute atomic E-state index is 8.59. The smallest absolute Gasteiger partial charge is 0.225 e. The second kappa shape index (κ2) is 6.75. The Balaban J connectivity index is 2.65. The van der Waals surface area contributed by atoms with Gasteiger partial charge >= 0.3 is 0 Å². The van der Waals surface area contributed by atoms with Crippen LogP contribution in [0, 0.1) is 0 Å². The molecule has 100 valence electrons. The highest BCUT2D eigenvalue weighted by Crippen LogP contribution is 2.05. The zero-order chi connectivity index (χ0) is 13.5. The molecule has 0 amide bonds. The van der Waals surface area contributed by atoms with Gasteiger partial charge in [0.2, 0.25) is 5.95 Å². The highest BCUT2D eigenvalue weighted by molar-refractivity contribution is 5.95. The zero-order valence-corrected chi connectivity index (χ0v) is 10.9. The third kappa shape index (κ3) is 4.17. The summed E-state index contributed by atoms with van der Waals surface area (Å²) < 4.78 is 5.45. The van der Waals surface area contributed by atoms with Gasteiger partial charge in [0.15, 0.2) is 5.84 Å². The summed E-state index contributed by atoms with van der Waals surface area (Å²) >= 11 is 0. The monoisotopic (exact) mass is 253 g/mol. The fourth-order valence-corrected chi connectivity index (χ4v) is 1.25. The Labute approximate surface area is 106 Å². The molecule has 1 aromatic heterocycles. The number of likely N-dealkylation sites (N-methyl/N-ethyl adjacent to an activating group) is 1. The van der Waals surface area contributed by atoms with Crippen molar-refractivity contribution in [3.63, 3.8) is 0 Å². The first kappa shape index (κ1) is 14.2. The van der Waals surface area contributed by atoms with Crippen LogP contribution in [0.25, 0.3) is 0 Å². The molecule has 0 fully saturated rings. The number of hydrogen-bond acceptors (Lipinski definition) is 6. The summed E-state index contributed by atoms with van der Waals surface area (Å²) in [6.45, 7) is 5.22. The molecule has 0 aliphatic carbocycles. The molecule has 1 aromatic rings. The number of amidine groups is 1. The molecule has 0 spiro atoms. The van der Waals surface area contributed by atoms with Crippen molar-refractivity contribution >= 4 is 11.8 Å². The average molecular weight is 253 g/mol. The number of ether oxygens (including phenoxy) is 1. The van der Waals surface area contributed by atoms with Gasteiger partial charge in [0.05, 0.1) is 12.7 Å². The van der Waals surface area contributed by atoms with Crippen molar-refractivity contribution in [3.8, 4) is 0 Å². The van der Waals surface area contributed by atoms with Gasteiger partial charge in [-0.15, -0.1) is 0 Å². The number of anilines is 1. The summed E-state index contributed by atoms with van der Waals surface area (Å²) in [5.74, 6) is 0.469. The lowest BCUT2D eigenvalue weighted by Crippen LogP contribution is -2.26. The molecule has 18 heavy (non-hydrogen) atoms. The van der Waals surface area contributed by atoms with Crippen LogP contribution in [0.4, 0.5) is 5.95 Å². The van der Waals surface area contributed by atoms with Crippen molar-refractivity contribution in [2.75, 3.05) is 25.1 Å². The van der Waals surface area contributed by atoms with Crippen molar-refractivity contribution in [3.05, 3.63) is 18.0 Å². The van der Waals surface area contributed by atoms with E-state index in [1.165, 1.54) is 0 Å². The SMILES string of the molecule is CC(C)OCCN(C)c1nccc(/C(N)=N/O)n1. The molecule has 1 rings (SSSR count). The quantitative estimate of drug-likeness (QED) is 0.330. The van der Waals surface area contributed by atoms with Crippen molar-refractivity contribution in [2.45, 2.75) is 20.0 Å². The molecular formula is C11H19N5O2. The summed E-state index contributed by atoms with van der Waals surface area (Å²) in [7, 11) is 1.86. The molecule has 0 atom stereocenters. The highest BCUT2D eigenvalue weighted by Gasteiger charge is 2.08. The fourth-order valence-electron chi connectivity index (χ4n) is 1.25. The van der Waals surface area contributed by atoms with E-state index in [1.54, 1.807) is 12.3 Å². The minimum atomic E-state index is -0.0366. The predicted octanol–water partition coefficient (Wildman–Crippen LogP) is 0.432. The minimum Gasteiger partial charge on any atom is -0.409 e. The van der Waals surface area contributed by atoms with E-state index in [4.69, 9.17) is 15.7 Å². The van der Waals surface area contributed by atoms with Gasteiger partial charge in [-0.2, -0.15) is 0 Å². The molecule has 0 bridgehead atoms. The molecule has 0 aliphatic heterocycles. The molecule has 7 nitrogen and oxygen atoms in total. The largest absolute Gasteiger partial charge is 0.409 e. The fraction of sp³-hybridized carbons (Fsp3) is 0.545. The van der Waals surface area contributed by atoms with Crippen LogP contribution < -0.4 is 10.6 Å². The Morgan fingerprint density at radius 3 is 2.94 bits per heavy atom. The van der Waals surface area contributed by atoms with Gasteiger partial charge < -0.3 is 20.6 Å². The van der Waals surface area contributed by atoms with Crippen molar-refractivity contribution in [2.24, 2.45) is 10.9 Å². The molecule has 0 aliphatic rings. The first-order valence-corrected chi connectivity index (χ1v) is 5.68. The lowest BCUT2D eigenvalue weighted by molar-refractivity contribution is 0.0844. The van der Waals surface area contributed by atoms with E-state index in [9.17, 15) is 0 Å². The number of nitrogens with zero attached hydrogens (tertiary/aromatic N) is 4. The van der Waals surface area contributed by atoms with Crippen LogP contribution in [0.5, 0.6) is 0 Å². The van der Waals surface area contributed by atoms with Crippen LogP contribution in [0.15, 0.2) is 17.4 Å². The Bertz CT molecular complexity index is 408. The summed E-state index contributed by atoms with van der Waals surface area (Å²) in [5.41, 5.74) is 5.86. The van der Waals surface area contributed by atoms with E-state index in [0.717, 1.165) is 0 Å². The van der Waals surface area contributed by atoms with Crippen molar-refractivity contribution < 1.29 is 9.94 Å². The molecule has 0 aromatic carbocycles. The first-order chi connectivity index (χ1) is 8.54. The second-order valence-corrected chi connectivity index (χ2v) is 4.07. The number of hydrogen-bond donors (Lipinski definition) is 2. The molecule has 0 saturated carbocycles. The highest BCUT2D eigenvalue weighted by atomic mass is 16.5. The van der Waals surface area contributed by atoms with E-state index in [-0.39, 0.29) is 11.9 Å². The van der Waals surface area contributed by atoms with Gasteiger partial charge in [-0.05, 0) is 19.9 Å². The third-order valence-corrected chi connectivity index (χ3v) is 2.23. The Hall–Kier alpha value is -1.89. The van der Waals surface area contributed by atoms with E-state index in [1.807, 2.05) is 25.8 Å². The summed E-state index contributed by atoms with van der Waals surface area (Å²) in [6.07, 6.45) is 1.76. The van der Waals surface area contributed by atoms with Crippen LogP contribution in [0.1, 0.15) is 19.5 Å². The van der Waals surface area contributed by atoms with E-state index >= 15 is 0 Å². The summed E-state index contributed by atoms with van der Waals surface area (Å²) in [5, 5.41) is 11.5. The topological polar surface area (TPSA) is 96.9 Å². The lowest BCUT2D eigenvalue weighted by Gasteiger charge is -2.18. The van der Waals surface area contributed by atoms with Crippen LogP contribution in [0.3, 0.4) is 0 Å². The third-order valence-electron chi connectivity index (χ3n) is 2.23. The van der Waals surface area contributed by atoms with Gasteiger partial charge in [0.25, 0.3) is 0 Å². The maximum Gasteiger partial charge on any atom is 0.225 e. The standard InChI is InChI=1S/C11H19N5O2/c1-8(2)18-7-6-16(3)11-13-5-4-9(14-11)10(12)15-17/h4-5,8,17H,6-7H2,1-3H3,(H2,12,15). The van der Waals surface area contributed by atoms with Crippen LogP contribution in [-0.4, -0.2) is 47.3 Å². The van der Waals surface area contributed by atoms with Gasteiger partial charge in [-0.25, -0.2) is 9.97 Å². The maximum atomic E-state index is 8.59. The van der Waals surface area contributed by atoms with Gasteiger partial charge in [-0.3, -0.25) is 0 Å². The molecule has 1 heterocycles. The van der Waals surface area contributed by atoms with Crippen LogP contribution in [-0.2, 0) is 4.74 Å². The summed E-state index contributed by atoms with van der Waals surface area (Å²) in [6, 6.07) is 1.58. The van der Waals surface area contributed by atoms with Crippen LogP contribution in [0.2, 0.25) is 0 Å². The molecule has 7 heteroatoms. The molecule has 0 unspecified atom stereocenters. The van der Waals surface area contributed by atoms with E-state index in [2.05, 4.69) is 15.1 Å². The van der Waals surface area contributed by atoms with Crippen LogP contribution >= 0.6 is 0 Å². The zero-order valence-electron chi connectivity index (χ0n) is 10.9. The Morgan fingerprint density at radius 1 is 1.61 bits per heavy atom. The van der Waals surface area contributed by atoms with Gasteiger partial charge in [-0.1, -0.05) is 5.16 Å². The molecule has 3 N–H and O–H groups in total. The average Bonchev–Trinajstić information content (AvgIpc) is 2.37. The molecule has 0 saturated heterocycles. The van der Waals surface area contributed by atoms with E-state index < -0.39 is 0 Å². The van der Waals surface area contributed by atoms with Gasteiger partial charge in [0, 0.05) is 19.8 Å². The molecule has 0 radical (unpaired) electrons. The Morgan fingerprint density at radius 2 is 2.33 bits per heavy atom. The Kier molecular flexibility index (Phi) is 5.31. The van der Waals surface area contributed by atoms with Gasteiger partial charge in [0.1, 0.15) is 5.69 Å². The number of rotatable bonds is 6. The van der Waals surface area contributed by atoms with Crippen molar-refractivity contribution in [1.29, 1.82) is 0 Å². The number of oxime groups is 1. The second-order valence-electron chi connectivity index (χ2n) is 4.07. The van der Waals surface area contributed by atoms with E-state index in [0.29, 0.717) is 24.8 Å². The summed E-state index contributed by atoms with van der Waals surface area (Å²) in [4.78, 5) is 10.1. The predicted molar refractivity (Wildman–Crippen MR) is 68.9 cm³/mol. The normalized spacial score (nSPS) is 11.9. The molecular weight excluding hydrogens is 234 g/mol. The number of nitrogens with two attached hydrogens (primary N) is 1. The van der Waals surface area contributed by atoms with Crippen molar-refractivity contribution in [1.82, 2.24) is 9.97 Å².